The van der Waals surface area contributed by atoms with E-state index in [2.05, 4.69) is 5.32 Å². The number of halogens is 3. The molecule has 0 aliphatic carbocycles. The number of benzene rings is 1. The van der Waals surface area contributed by atoms with Crippen LogP contribution in [0.1, 0.15) is 37.2 Å². The number of hydrogen-bond donors (Lipinski definition) is 1. The first kappa shape index (κ1) is 18.0. The molecule has 138 valence electrons. The highest BCUT2D eigenvalue weighted by Gasteiger charge is 2.44. The number of ether oxygens (including phenoxy) is 1. The third-order valence-electron chi connectivity index (χ3n) is 4.90. The Labute approximate surface area is 145 Å². The van der Waals surface area contributed by atoms with Crippen molar-refractivity contribution >= 4 is 5.91 Å². The summed E-state index contributed by atoms with van der Waals surface area (Å²) in [6.45, 7) is 2.03. The van der Waals surface area contributed by atoms with Crippen LogP contribution in [-0.2, 0) is 4.79 Å². The van der Waals surface area contributed by atoms with Crippen molar-refractivity contribution in [3.8, 4) is 5.75 Å². The molecule has 1 N–H and O–H groups in total. The van der Waals surface area contributed by atoms with Gasteiger partial charge in [0.15, 0.2) is 0 Å². The van der Waals surface area contributed by atoms with Crippen LogP contribution in [0, 0.1) is 0 Å². The third kappa shape index (κ3) is 4.45. The van der Waals surface area contributed by atoms with Crippen molar-refractivity contribution in [1.82, 2.24) is 10.2 Å². The normalized spacial score (nSPS) is 22.7. The number of nitrogens with one attached hydrogen (secondary N) is 1. The Bertz CT molecular complexity index is 600. The van der Waals surface area contributed by atoms with E-state index in [1.54, 1.807) is 0 Å². The Morgan fingerprint density at radius 2 is 1.88 bits per heavy atom. The molecule has 0 radical (unpaired) electrons. The van der Waals surface area contributed by atoms with Gasteiger partial charge in [0.05, 0.1) is 6.54 Å². The molecule has 0 saturated carbocycles. The molecule has 1 atom stereocenters. The van der Waals surface area contributed by atoms with Gasteiger partial charge in [0, 0.05) is 6.54 Å². The Hall–Kier alpha value is -1.76. The molecule has 0 aromatic heterocycles. The van der Waals surface area contributed by atoms with Crippen molar-refractivity contribution in [3.05, 3.63) is 29.8 Å². The molecule has 7 heteroatoms. The molecule has 3 rings (SSSR count). The van der Waals surface area contributed by atoms with E-state index in [1.165, 1.54) is 0 Å². The number of carbonyl (C=O) groups excluding carboxylic acids is 1. The number of carbonyl (C=O) groups is 1. The topological polar surface area (TPSA) is 41.6 Å². The standard InChI is InChI=1S/C18H23F3N2O2/c19-18(20,21)17(24)23-11-3-4-14(12-23)25-16-6-2-1-5-15(16)13-7-9-22-10-8-13/h1-2,5-6,13-14,22H,3-4,7-12H2. The number of hydrogen-bond acceptors (Lipinski definition) is 3. The molecule has 2 aliphatic heterocycles. The average molecular weight is 356 g/mol. The fourth-order valence-corrected chi connectivity index (χ4v) is 3.64. The fourth-order valence-electron chi connectivity index (χ4n) is 3.64. The summed E-state index contributed by atoms with van der Waals surface area (Å²) in [7, 11) is 0. The Kier molecular flexibility index (Phi) is 5.51. The van der Waals surface area contributed by atoms with Crippen molar-refractivity contribution in [2.45, 2.75) is 43.9 Å². The second-order valence-electron chi connectivity index (χ2n) is 6.69. The van der Waals surface area contributed by atoms with Crippen LogP contribution in [0.2, 0.25) is 0 Å². The van der Waals surface area contributed by atoms with Gasteiger partial charge in [0.25, 0.3) is 0 Å². The molecular weight excluding hydrogens is 333 g/mol. The van der Waals surface area contributed by atoms with Gasteiger partial charge in [-0.05, 0) is 56.3 Å². The van der Waals surface area contributed by atoms with Gasteiger partial charge >= 0.3 is 12.1 Å². The highest BCUT2D eigenvalue weighted by atomic mass is 19.4. The number of nitrogens with zero attached hydrogens (tertiary/aromatic N) is 1. The maximum absolute atomic E-state index is 12.7. The minimum absolute atomic E-state index is 0.0150. The van der Waals surface area contributed by atoms with Crippen LogP contribution in [0.3, 0.4) is 0 Å². The lowest BCUT2D eigenvalue weighted by Gasteiger charge is -2.34. The maximum Gasteiger partial charge on any atom is 0.471 e. The maximum atomic E-state index is 12.7. The molecule has 2 fully saturated rings. The van der Waals surface area contributed by atoms with E-state index >= 15 is 0 Å². The summed E-state index contributed by atoms with van der Waals surface area (Å²) >= 11 is 0. The van der Waals surface area contributed by atoms with Gasteiger partial charge < -0.3 is 15.0 Å². The highest BCUT2D eigenvalue weighted by Crippen LogP contribution is 2.34. The number of likely N-dealkylation sites (tertiary alicyclic amines) is 1. The molecule has 2 aliphatic rings. The van der Waals surface area contributed by atoms with E-state index in [1.807, 2.05) is 24.3 Å². The summed E-state index contributed by atoms with van der Waals surface area (Å²) < 4.78 is 44.0. The van der Waals surface area contributed by atoms with Gasteiger partial charge in [-0.3, -0.25) is 4.79 Å². The molecule has 1 aromatic rings. The second-order valence-corrected chi connectivity index (χ2v) is 6.69. The molecule has 0 bridgehead atoms. The van der Waals surface area contributed by atoms with E-state index in [-0.39, 0.29) is 13.1 Å². The first-order valence-corrected chi connectivity index (χ1v) is 8.77. The summed E-state index contributed by atoms with van der Waals surface area (Å²) in [4.78, 5) is 12.3. The van der Waals surface area contributed by atoms with E-state index in [9.17, 15) is 18.0 Å². The van der Waals surface area contributed by atoms with Crippen LogP contribution in [0.25, 0.3) is 0 Å². The fraction of sp³-hybridized carbons (Fsp3) is 0.611. The average Bonchev–Trinajstić information content (AvgIpc) is 2.62. The molecule has 25 heavy (non-hydrogen) atoms. The summed E-state index contributed by atoms with van der Waals surface area (Å²) in [6.07, 6.45) is -2.02. The van der Waals surface area contributed by atoms with Crippen LogP contribution in [-0.4, -0.2) is 49.3 Å². The van der Waals surface area contributed by atoms with Gasteiger partial charge in [0.1, 0.15) is 11.9 Å². The molecule has 2 heterocycles. The lowest BCUT2D eigenvalue weighted by Crippen LogP contribution is -2.49. The third-order valence-corrected chi connectivity index (χ3v) is 4.90. The zero-order valence-corrected chi connectivity index (χ0v) is 14.0. The number of amides is 1. The Morgan fingerprint density at radius 3 is 2.60 bits per heavy atom. The smallest absolute Gasteiger partial charge is 0.471 e. The van der Waals surface area contributed by atoms with Crippen molar-refractivity contribution in [3.63, 3.8) is 0 Å². The highest BCUT2D eigenvalue weighted by molar-refractivity contribution is 5.82. The van der Waals surface area contributed by atoms with E-state index in [0.29, 0.717) is 18.8 Å². The predicted octanol–water partition coefficient (Wildman–Crippen LogP) is 3.09. The zero-order chi connectivity index (χ0) is 17.9. The first-order chi connectivity index (χ1) is 11.9. The molecular formula is C18H23F3N2O2. The zero-order valence-electron chi connectivity index (χ0n) is 14.0. The first-order valence-electron chi connectivity index (χ1n) is 8.77. The summed E-state index contributed by atoms with van der Waals surface area (Å²) in [6, 6.07) is 7.75. The number of para-hydroxylation sites is 1. The van der Waals surface area contributed by atoms with E-state index in [0.717, 1.165) is 42.1 Å². The van der Waals surface area contributed by atoms with Gasteiger partial charge in [-0.15, -0.1) is 0 Å². The minimum Gasteiger partial charge on any atom is -0.488 e. The molecule has 0 spiro atoms. The van der Waals surface area contributed by atoms with Crippen LogP contribution in [0.5, 0.6) is 5.75 Å². The number of piperidine rings is 2. The van der Waals surface area contributed by atoms with Crippen molar-refractivity contribution in [1.29, 1.82) is 0 Å². The molecule has 1 amide bonds. The predicted molar refractivity (Wildman–Crippen MR) is 87.6 cm³/mol. The Balaban J connectivity index is 1.69. The summed E-state index contributed by atoms with van der Waals surface area (Å²) in [5, 5.41) is 3.33. The quantitative estimate of drug-likeness (QED) is 0.905. The Morgan fingerprint density at radius 1 is 1.16 bits per heavy atom. The van der Waals surface area contributed by atoms with Gasteiger partial charge in [-0.2, -0.15) is 13.2 Å². The van der Waals surface area contributed by atoms with Crippen molar-refractivity contribution < 1.29 is 22.7 Å². The van der Waals surface area contributed by atoms with Crippen LogP contribution in [0.4, 0.5) is 13.2 Å². The van der Waals surface area contributed by atoms with E-state index < -0.39 is 18.2 Å². The number of alkyl halides is 3. The lowest BCUT2D eigenvalue weighted by molar-refractivity contribution is -0.187. The van der Waals surface area contributed by atoms with Crippen molar-refractivity contribution in [2.24, 2.45) is 0 Å². The van der Waals surface area contributed by atoms with Gasteiger partial charge in [0.2, 0.25) is 0 Å². The minimum atomic E-state index is -4.82. The van der Waals surface area contributed by atoms with Gasteiger partial charge in [-0.1, -0.05) is 18.2 Å². The molecule has 1 unspecified atom stereocenters. The van der Waals surface area contributed by atoms with Crippen molar-refractivity contribution in [2.75, 3.05) is 26.2 Å². The number of rotatable bonds is 3. The molecule has 2 saturated heterocycles. The van der Waals surface area contributed by atoms with E-state index in [4.69, 9.17) is 4.74 Å². The SMILES string of the molecule is O=C(N1CCCC(Oc2ccccc2C2CCNCC2)C1)C(F)(F)F. The summed E-state index contributed by atoms with van der Waals surface area (Å²) in [5.41, 5.74) is 1.11. The van der Waals surface area contributed by atoms with Gasteiger partial charge in [-0.25, -0.2) is 0 Å². The molecule has 1 aromatic carbocycles. The largest absolute Gasteiger partial charge is 0.488 e. The molecule has 4 nitrogen and oxygen atoms in total. The van der Waals surface area contributed by atoms with Crippen LogP contribution < -0.4 is 10.1 Å². The lowest BCUT2D eigenvalue weighted by atomic mass is 9.89. The monoisotopic (exact) mass is 356 g/mol. The summed E-state index contributed by atoms with van der Waals surface area (Å²) in [5.74, 6) is -0.637. The van der Waals surface area contributed by atoms with Crippen LogP contribution >= 0.6 is 0 Å². The second kappa shape index (κ2) is 7.64. The van der Waals surface area contributed by atoms with Crippen LogP contribution in [0.15, 0.2) is 24.3 Å².